The number of nitrogens with two attached hydrogens (primary N) is 1. The van der Waals surface area contributed by atoms with E-state index in [0.717, 1.165) is 0 Å². The van der Waals surface area contributed by atoms with Gasteiger partial charge >= 0.3 is 0 Å². The molecule has 0 heterocycles. The van der Waals surface area contributed by atoms with Gasteiger partial charge in [-0.05, 0) is 49.7 Å². The van der Waals surface area contributed by atoms with Crippen LogP contribution in [-0.4, -0.2) is 62.4 Å². The maximum absolute atomic E-state index is 14.0. The van der Waals surface area contributed by atoms with Gasteiger partial charge in [-0.25, -0.2) is 0 Å². The Morgan fingerprint density at radius 1 is 1.23 bits per heavy atom. The van der Waals surface area contributed by atoms with E-state index >= 15 is 0 Å². The molecule has 0 spiro atoms. The van der Waals surface area contributed by atoms with Crippen LogP contribution in [-0.2, 0) is 27.4 Å². The lowest BCUT2D eigenvalue weighted by atomic mass is 9.60. The highest BCUT2D eigenvalue weighted by molar-refractivity contribution is 6.24. The summed E-state index contributed by atoms with van der Waals surface area (Å²) in [7, 11) is 0. The molecule has 40 heavy (non-hydrogen) atoms. The van der Waals surface area contributed by atoms with E-state index in [2.05, 4.69) is 31.2 Å². The number of hydrogen-bond donors (Lipinski definition) is 6. The number of allylic oxidation sites excluding steroid dienone is 2. The first-order valence-electron chi connectivity index (χ1n) is 13.4. The number of phenols is 1. The van der Waals surface area contributed by atoms with Crippen LogP contribution in [0.1, 0.15) is 74.5 Å². The van der Waals surface area contributed by atoms with E-state index in [1.165, 1.54) is 0 Å². The van der Waals surface area contributed by atoms with E-state index in [4.69, 9.17) is 10.6 Å². The molecule has 1 amide bonds. The fourth-order valence-corrected chi connectivity index (χ4v) is 5.98. The molecule has 1 aromatic rings. The molecule has 216 valence electrons. The SMILES string of the molecule is CCO/N=C(\C)c1cc(CNCC(C)(C)C)c(O)c2c1CC1C[C@H]3CC(O)=C(C(N)=O)C(=O)[C@@]3(O)C(O)=C1C2=O. The highest BCUT2D eigenvalue weighted by Crippen LogP contribution is 2.52. The number of oxime groups is 1. The topological polar surface area (TPSA) is 192 Å². The highest BCUT2D eigenvalue weighted by Gasteiger charge is 2.59. The Kier molecular flexibility index (Phi) is 7.59. The fraction of sp³-hybridized carbons (Fsp3) is 0.517. The molecule has 0 radical (unpaired) electrons. The minimum Gasteiger partial charge on any atom is -0.511 e. The first-order chi connectivity index (χ1) is 18.6. The van der Waals surface area contributed by atoms with Crippen molar-refractivity contribution in [1.82, 2.24) is 5.32 Å². The number of primary amides is 1. The van der Waals surface area contributed by atoms with Crippen LogP contribution in [0, 0.1) is 17.3 Å². The van der Waals surface area contributed by atoms with Crippen molar-refractivity contribution in [2.45, 2.75) is 66.0 Å². The second kappa shape index (κ2) is 10.4. The van der Waals surface area contributed by atoms with Crippen molar-refractivity contribution < 1.29 is 39.6 Å². The molecule has 0 fully saturated rings. The lowest BCUT2D eigenvalue weighted by Gasteiger charge is -2.45. The summed E-state index contributed by atoms with van der Waals surface area (Å²) in [5, 5.41) is 51.9. The van der Waals surface area contributed by atoms with Gasteiger partial charge in [0.05, 0.1) is 11.3 Å². The van der Waals surface area contributed by atoms with Gasteiger partial charge in [0, 0.05) is 42.1 Å². The molecule has 3 atom stereocenters. The second-order valence-corrected chi connectivity index (χ2v) is 12.0. The highest BCUT2D eigenvalue weighted by atomic mass is 16.6. The van der Waals surface area contributed by atoms with Gasteiger partial charge in [-0.15, -0.1) is 0 Å². The van der Waals surface area contributed by atoms with Crippen molar-refractivity contribution >= 4 is 23.2 Å². The lowest BCUT2D eigenvalue weighted by molar-refractivity contribution is -0.144. The largest absolute Gasteiger partial charge is 0.511 e. The van der Waals surface area contributed by atoms with Gasteiger partial charge in [-0.2, -0.15) is 0 Å². The molecule has 11 heteroatoms. The Labute approximate surface area is 232 Å². The number of benzene rings is 1. The summed E-state index contributed by atoms with van der Waals surface area (Å²) in [5.41, 5.74) is 3.60. The average Bonchev–Trinajstić information content (AvgIpc) is 2.85. The molecule has 0 saturated carbocycles. The molecular weight excluding hydrogens is 518 g/mol. The molecule has 1 aromatic carbocycles. The van der Waals surface area contributed by atoms with E-state index in [1.807, 2.05) is 0 Å². The monoisotopic (exact) mass is 555 g/mol. The number of aliphatic hydroxyl groups excluding tert-OH is 2. The summed E-state index contributed by atoms with van der Waals surface area (Å²) >= 11 is 0. The lowest BCUT2D eigenvalue weighted by Crippen LogP contribution is -2.57. The molecule has 0 bridgehead atoms. The Bertz CT molecular complexity index is 1380. The summed E-state index contributed by atoms with van der Waals surface area (Å²) in [6, 6.07) is 1.76. The van der Waals surface area contributed by atoms with Gasteiger partial charge in [0.1, 0.15) is 29.4 Å². The van der Waals surface area contributed by atoms with E-state index in [-0.39, 0.29) is 48.1 Å². The number of amides is 1. The van der Waals surface area contributed by atoms with E-state index < -0.39 is 52.0 Å². The van der Waals surface area contributed by atoms with Crippen LogP contribution in [0.15, 0.2) is 33.9 Å². The summed E-state index contributed by atoms with van der Waals surface area (Å²) in [5.74, 6) is -6.56. The molecule has 3 aliphatic rings. The number of aromatic hydroxyl groups is 1. The predicted molar refractivity (Wildman–Crippen MR) is 146 cm³/mol. The first-order valence-corrected chi connectivity index (χ1v) is 13.4. The van der Waals surface area contributed by atoms with E-state index in [9.17, 15) is 34.8 Å². The van der Waals surface area contributed by atoms with Crippen LogP contribution in [0.3, 0.4) is 0 Å². The Morgan fingerprint density at radius 3 is 2.50 bits per heavy atom. The quantitative estimate of drug-likeness (QED) is 0.167. The van der Waals surface area contributed by atoms with Gasteiger partial charge in [-0.1, -0.05) is 25.9 Å². The number of fused-ring (bicyclic) bond motifs is 3. The van der Waals surface area contributed by atoms with Crippen molar-refractivity contribution in [2.75, 3.05) is 13.2 Å². The van der Waals surface area contributed by atoms with Crippen molar-refractivity contribution in [3.8, 4) is 5.75 Å². The number of phenolic OH excluding ortho intramolecular Hbond substituents is 1. The van der Waals surface area contributed by atoms with Gasteiger partial charge < -0.3 is 36.3 Å². The Hall–Kier alpha value is -3.70. The van der Waals surface area contributed by atoms with Crippen LogP contribution in [0.5, 0.6) is 5.75 Å². The van der Waals surface area contributed by atoms with Crippen LogP contribution >= 0.6 is 0 Å². The van der Waals surface area contributed by atoms with Crippen LogP contribution in [0.2, 0.25) is 0 Å². The second-order valence-electron chi connectivity index (χ2n) is 12.0. The number of rotatable bonds is 7. The molecule has 0 aliphatic heterocycles. The number of ketones is 2. The molecule has 0 saturated heterocycles. The number of nitrogens with zero attached hydrogens (tertiary/aromatic N) is 1. The molecule has 11 nitrogen and oxygen atoms in total. The Morgan fingerprint density at radius 2 is 1.90 bits per heavy atom. The smallest absolute Gasteiger partial charge is 0.255 e. The third kappa shape index (κ3) is 4.77. The summed E-state index contributed by atoms with van der Waals surface area (Å²) in [6.45, 7) is 10.9. The third-order valence-electron chi connectivity index (χ3n) is 7.83. The summed E-state index contributed by atoms with van der Waals surface area (Å²) in [6.07, 6.45) is -0.0393. The van der Waals surface area contributed by atoms with E-state index in [0.29, 0.717) is 35.6 Å². The minimum absolute atomic E-state index is 0.0358. The number of hydrogen-bond acceptors (Lipinski definition) is 10. The van der Waals surface area contributed by atoms with Gasteiger partial charge in [0.2, 0.25) is 5.78 Å². The van der Waals surface area contributed by atoms with Crippen molar-refractivity contribution in [3.05, 3.63) is 51.0 Å². The zero-order valence-corrected chi connectivity index (χ0v) is 23.4. The first kappa shape index (κ1) is 29.3. The van der Waals surface area contributed by atoms with Crippen molar-refractivity contribution in [1.29, 1.82) is 0 Å². The molecule has 7 N–H and O–H groups in total. The van der Waals surface area contributed by atoms with Gasteiger partial charge in [-0.3, -0.25) is 14.4 Å². The zero-order chi connectivity index (χ0) is 29.7. The number of carbonyl (C=O) groups is 3. The zero-order valence-electron chi connectivity index (χ0n) is 23.4. The normalized spacial score (nSPS) is 25.0. The summed E-state index contributed by atoms with van der Waals surface area (Å²) in [4.78, 5) is 44.3. The standard InChI is InChI=1S/C29H37N3O8/c1-6-40-32-13(2)17-9-15(11-31-12-28(3,4)5)23(34)21-18(17)8-14-7-16-10-19(33)22(27(30)38)26(37)29(16,39)25(36)20(14)24(21)35/h9,14,16,31,33-34,36,39H,6-8,10-12H2,1-5H3,(H2,30,38)/b32-13+/t14?,16-,29-/m0/s1. The van der Waals surface area contributed by atoms with E-state index in [1.54, 1.807) is 19.9 Å². The maximum atomic E-state index is 14.0. The number of nitrogens with one attached hydrogen (secondary N) is 1. The van der Waals surface area contributed by atoms with Crippen LogP contribution < -0.4 is 11.1 Å². The van der Waals surface area contributed by atoms with Crippen LogP contribution in [0.25, 0.3) is 0 Å². The predicted octanol–water partition coefficient (Wildman–Crippen LogP) is 2.48. The Balaban J connectivity index is 1.88. The molecule has 4 rings (SSSR count). The van der Waals surface area contributed by atoms with Gasteiger partial charge in [0.15, 0.2) is 11.4 Å². The number of aliphatic hydroxyl groups is 3. The molecule has 3 aliphatic carbocycles. The van der Waals surface area contributed by atoms with Crippen molar-refractivity contribution in [2.24, 2.45) is 28.1 Å². The third-order valence-corrected chi connectivity index (χ3v) is 7.83. The number of carbonyl (C=O) groups excluding carboxylic acids is 3. The molecular formula is C29H37N3O8. The minimum atomic E-state index is -2.60. The van der Waals surface area contributed by atoms with Crippen LogP contribution in [0.4, 0.5) is 0 Å². The fourth-order valence-electron chi connectivity index (χ4n) is 5.98. The average molecular weight is 556 g/mol. The summed E-state index contributed by atoms with van der Waals surface area (Å²) < 4.78 is 0. The maximum Gasteiger partial charge on any atom is 0.255 e. The molecule has 0 aromatic heterocycles. The van der Waals surface area contributed by atoms with Crippen molar-refractivity contribution in [3.63, 3.8) is 0 Å². The number of Topliss-reactive ketones (excluding diaryl/α,β-unsaturated/α-hetero) is 2. The van der Waals surface area contributed by atoms with Gasteiger partial charge in [0.25, 0.3) is 5.91 Å². The molecule has 1 unspecified atom stereocenters.